The number of oxazole rings is 1. The summed E-state index contributed by atoms with van der Waals surface area (Å²) >= 11 is 0. The van der Waals surface area contributed by atoms with Gasteiger partial charge in [-0.3, -0.25) is 9.55 Å². The topological polar surface area (TPSA) is 47.7 Å². The lowest BCUT2D eigenvalue weighted by Crippen LogP contribution is -2.30. The third-order valence-corrected chi connectivity index (χ3v) is 3.84. The zero-order chi connectivity index (χ0) is 15.8. The van der Waals surface area contributed by atoms with E-state index in [0.717, 1.165) is 22.0 Å². The highest BCUT2D eigenvalue weighted by atomic mass is 16.4. The fourth-order valence-electron chi connectivity index (χ4n) is 2.96. The Morgan fingerprint density at radius 2 is 2.40 bits per heavy atom. The molecule has 0 bridgehead atoms. The molecule has 96 valence electrons. The molecule has 0 saturated heterocycles. The molecule has 5 heteroatoms. The quantitative estimate of drug-likeness (QED) is 0.403. The lowest BCUT2D eigenvalue weighted by molar-refractivity contribution is -0.648. The van der Waals surface area contributed by atoms with Gasteiger partial charge in [-0.25, -0.2) is 4.98 Å². The van der Waals surface area contributed by atoms with Crippen molar-refractivity contribution in [3.05, 3.63) is 42.4 Å². The molecule has 0 aliphatic carbocycles. The summed E-state index contributed by atoms with van der Waals surface area (Å²) in [7, 11) is 0. The van der Waals surface area contributed by atoms with E-state index >= 15 is 0 Å². The van der Waals surface area contributed by atoms with Crippen LogP contribution in [0.1, 0.15) is 9.68 Å². The van der Waals surface area contributed by atoms with Crippen molar-refractivity contribution < 1.29 is 13.1 Å². The molecule has 0 N–H and O–H groups in total. The number of rotatable bonds is 0. The maximum Gasteiger partial charge on any atom is 0.385 e. The molecule has 0 saturated carbocycles. The number of nitrogens with zero attached hydrogens (tertiary/aromatic N) is 4. The van der Waals surface area contributed by atoms with Crippen LogP contribution in [0.4, 0.5) is 0 Å². The van der Waals surface area contributed by atoms with Gasteiger partial charge in [0, 0.05) is 35.2 Å². The van der Waals surface area contributed by atoms with Crippen LogP contribution in [-0.2, 0) is 13.5 Å². The first-order valence-electron chi connectivity index (χ1n) is 7.81. The van der Waals surface area contributed by atoms with Gasteiger partial charge in [0.1, 0.15) is 11.2 Å². The summed E-state index contributed by atoms with van der Waals surface area (Å²) in [4.78, 5) is 8.39. The molecule has 5 nitrogen and oxygen atoms in total. The van der Waals surface area contributed by atoms with Crippen molar-refractivity contribution in [1.82, 2.24) is 14.5 Å². The number of pyridine rings is 2. The second-order valence-corrected chi connectivity index (χ2v) is 4.89. The van der Waals surface area contributed by atoms with E-state index in [0.29, 0.717) is 23.8 Å². The molecular weight excluding hydrogens is 252 g/mol. The number of fused-ring (bicyclic) bond motifs is 7. The van der Waals surface area contributed by atoms with Gasteiger partial charge in [0.15, 0.2) is 6.54 Å². The van der Waals surface area contributed by atoms with Gasteiger partial charge in [-0.15, -0.1) is 4.57 Å². The highest BCUT2D eigenvalue weighted by molar-refractivity contribution is 6.00. The number of hydrogen-bond donors (Lipinski definition) is 0. The molecule has 4 aromatic heterocycles. The monoisotopic (exact) mass is 266 g/mol. The molecule has 0 unspecified atom stereocenters. The maximum absolute atomic E-state index is 7.83. The summed E-state index contributed by atoms with van der Waals surface area (Å²) in [5.74, 6) is 0.641. The van der Waals surface area contributed by atoms with E-state index in [9.17, 15) is 0 Å². The molecule has 0 atom stereocenters. The van der Waals surface area contributed by atoms with Gasteiger partial charge in [0.25, 0.3) is 11.2 Å². The third-order valence-electron chi connectivity index (χ3n) is 3.84. The predicted molar refractivity (Wildman–Crippen MR) is 73.0 cm³/mol. The minimum atomic E-state index is -2.36. The van der Waals surface area contributed by atoms with Crippen molar-refractivity contribution in [3.63, 3.8) is 0 Å². The van der Waals surface area contributed by atoms with Gasteiger partial charge in [-0.2, -0.15) is 0 Å². The Hall–Kier alpha value is -2.69. The van der Waals surface area contributed by atoms with Crippen molar-refractivity contribution in [3.8, 4) is 11.5 Å². The molecule has 5 heterocycles. The van der Waals surface area contributed by atoms with E-state index < -0.39 is 6.98 Å². The summed E-state index contributed by atoms with van der Waals surface area (Å²) in [6, 6.07) is 5.62. The Bertz CT molecular complexity index is 1090. The Morgan fingerprint density at radius 1 is 1.40 bits per heavy atom. The first-order valence-corrected chi connectivity index (χ1v) is 6.31. The van der Waals surface area contributed by atoms with Crippen molar-refractivity contribution in [2.75, 3.05) is 0 Å². The normalized spacial score (nSPS) is 15.9. The van der Waals surface area contributed by atoms with Crippen LogP contribution >= 0.6 is 0 Å². The third kappa shape index (κ3) is 1.02. The molecule has 20 heavy (non-hydrogen) atoms. The predicted octanol–water partition coefficient (Wildman–Crippen LogP) is 2.03. The van der Waals surface area contributed by atoms with Crippen LogP contribution in [0.15, 0.2) is 41.2 Å². The zero-order valence-electron chi connectivity index (χ0n) is 13.4. The van der Waals surface area contributed by atoms with E-state index in [1.54, 1.807) is 24.7 Å². The van der Waals surface area contributed by atoms with Crippen molar-refractivity contribution in [2.45, 2.75) is 6.54 Å². The first kappa shape index (κ1) is 7.79. The summed E-state index contributed by atoms with van der Waals surface area (Å²) in [5.41, 5.74) is 3.50. The fraction of sp³-hybridized carbons (Fsp3) is 0.133. The van der Waals surface area contributed by atoms with Crippen LogP contribution in [0, 0.1) is 0 Å². The van der Waals surface area contributed by atoms with Crippen LogP contribution in [0.2, 0.25) is 0 Å². The molecule has 0 radical (unpaired) electrons. The Morgan fingerprint density at radius 3 is 3.35 bits per heavy atom. The Labute approximate surface area is 118 Å². The summed E-state index contributed by atoms with van der Waals surface area (Å²) < 4.78 is 32.6. The second kappa shape index (κ2) is 3.25. The molecule has 4 aromatic rings. The molecule has 1 aliphatic rings. The SMILES string of the molecule is [2H]C([2H])([2H])n1c2ncccc2c2c1oc1[n+]2Cc2ccncc2-1. The summed E-state index contributed by atoms with van der Waals surface area (Å²) in [5, 5.41) is 0.773. The van der Waals surface area contributed by atoms with E-state index in [1.807, 2.05) is 16.7 Å². The molecule has 0 amide bonds. The average Bonchev–Trinajstić information content (AvgIpc) is 3.12. The highest BCUT2D eigenvalue weighted by Crippen LogP contribution is 2.34. The molecule has 0 aromatic carbocycles. The number of aryl methyl sites for hydroxylation is 1. The fourth-order valence-corrected chi connectivity index (χ4v) is 2.96. The molecule has 0 fully saturated rings. The van der Waals surface area contributed by atoms with Gasteiger partial charge in [-0.05, 0) is 18.2 Å². The maximum atomic E-state index is 7.83. The van der Waals surface area contributed by atoms with E-state index in [-0.39, 0.29) is 0 Å². The first-order chi connectivity index (χ1) is 11.1. The average molecular weight is 266 g/mol. The van der Waals surface area contributed by atoms with Gasteiger partial charge in [0.2, 0.25) is 0 Å². The van der Waals surface area contributed by atoms with E-state index in [4.69, 9.17) is 8.53 Å². The minimum absolute atomic E-state index is 0.322. The summed E-state index contributed by atoms with van der Waals surface area (Å²) in [6.07, 6.45) is 5.08. The highest BCUT2D eigenvalue weighted by Gasteiger charge is 2.37. The smallest absolute Gasteiger partial charge is 0.380 e. The number of hydrogen-bond acceptors (Lipinski definition) is 3. The summed E-state index contributed by atoms with van der Waals surface area (Å²) in [6.45, 7) is -1.73. The van der Waals surface area contributed by atoms with Crippen LogP contribution in [0.25, 0.3) is 33.7 Å². The van der Waals surface area contributed by atoms with Crippen molar-refractivity contribution >= 4 is 22.3 Å². The number of aromatic nitrogens is 4. The lowest BCUT2D eigenvalue weighted by atomic mass is 10.2. The van der Waals surface area contributed by atoms with Crippen LogP contribution in [0.5, 0.6) is 0 Å². The van der Waals surface area contributed by atoms with Crippen LogP contribution in [0.3, 0.4) is 0 Å². The van der Waals surface area contributed by atoms with Crippen molar-refractivity contribution in [2.24, 2.45) is 6.98 Å². The lowest BCUT2D eigenvalue weighted by Gasteiger charge is -1.92. The van der Waals surface area contributed by atoms with Crippen molar-refractivity contribution in [1.29, 1.82) is 0 Å². The molecule has 1 aliphatic heterocycles. The second-order valence-electron chi connectivity index (χ2n) is 4.89. The van der Waals surface area contributed by atoms with Gasteiger partial charge >= 0.3 is 5.89 Å². The zero-order valence-corrected chi connectivity index (χ0v) is 10.4. The van der Waals surface area contributed by atoms with Gasteiger partial charge in [0.05, 0.1) is 5.39 Å². The molecular formula is C15H11N4O+. The standard InChI is InChI=1S/C15H11N4O/c1-18-13-10(3-2-5-17-13)12-15(18)20-14-11-7-16-6-4-9(11)8-19(12)14/h2-7H,8H2,1H3/q+1/i1D3. The van der Waals surface area contributed by atoms with Gasteiger partial charge in [-0.1, -0.05) is 0 Å². The van der Waals surface area contributed by atoms with Crippen LogP contribution < -0.4 is 4.57 Å². The minimum Gasteiger partial charge on any atom is -0.380 e. The Kier molecular flexibility index (Phi) is 1.27. The van der Waals surface area contributed by atoms with Gasteiger partial charge < -0.3 is 4.42 Å². The molecule has 0 spiro atoms. The Balaban J connectivity index is 1.96. The largest absolute Gasteiger partial charge is 0.385 e. The van der Waals surface area contributed by atoms with E-state index in [2.05, 4.69) is 9.97 Å². The van der Waals surface area contributed by atoms with Crippen LogP contribution in [-0.4, -0.2) is 14.5 Å². The van der Waals surface area contributed by atoms with E-state index in [1.165, 1.54) is 4.57 Å². The molecule has 5 rings (SSSR count).